The molecule has 0 aliphatic carbocycles. The highest BCUT2D eigenvalue weighted by atomic mass is 19.1. The molecule has 1 unspecified atom stereocenters. The molecule has 2 heterocycles. The zero-order valence-electron chi connectivity index (χ0n) is 28.5. The van der Waals surface area contributed by atoms with Crippen LogP contribution in [0.3, 0.4) is 0 Å². The number of nitrogens with one attached hydrogen (secondary N) is 2. The van der Waals surface area contributed by atoms with Crippen molar-refractivity contribution in [3.05, 3.63) is 65.7 Å². The van der Waals surface area contributed by atoms with Crippen LogP contribution in [-0.2, 0) is 20.8 Å². The molecular weight excluding hydrogens is 601 g/mol. The number of para-hydroxylation sites is 1. The number of hydrogen-bond donors (Lipinski definition) is 2. The number of alkyl halides is 1. The normalized spacial score (nSPS) is 20.1. The largest absolute Gasteiger partial charge is 0.451 e. The quantitative estimate of drug-likeness (QED) is 0.383. The minimum Gasteiger partial charge on any atom is -0.451 e. The number of halogens is 1. The van der Waals surface area contributed by atoms with E-state index in [1.165, 1.54) is 17.7 Å². The van der Waals surface area contributed by atoms with Gasteiger partial charge in [0.05, 0.1) is 5.56 Å². The number of piperazine rings is 1. The lowest BCUT2D eigenvalue weighted by Crippen LogP contribution is -2.59. The van der Waals surface area contributed by atoms with Gasteiger partial charge in [-0.25, -0.2) is 0 Å². The summed E-state index contributed by atoms with van der Waals surface area (Å²) in [4.78, 5) is 59.7. The Hall–Kier alpha value is -3.99. The van der Waals surface area contributed by atoms with E-state index in [-0.39, 0.29) is 35.1 Å². The first-order valence-electron chi connectivity index (χ1n) is 16.6. The van der Waals surface area contributed by atoms with E-state index in [9.17, 15) is 23.6 Å². The molecule has 256 valence electrons. The SMILES string of the molecule is CC(C)C[C@H](NC(=O)c1ccccc1OC(F)C(=O)NC(C)(C)C)C(=O)N1CCC[C@@H]1C(=O)N1CCN(C)[C@@H](Cc2ccccc2)C1. The highest BCUT2D eigenvalue weighted by Crippen LogP contribution is 2.25. The molecule has 2 aromatic rings. The number of ether oxygens (including phenoxy) is 1. The van der Waals surface area contributed by atoms with Crippen molar-refractivity contribution in [2.45, 2.75) is 90.3 Å². The molecule has 2 aliphatic heterocycles. The summed E-state index contributed by atoms with van der Waals surface area (Å²) < 4.78 is 20.1. The van der Waals surface area contributed by atoms with E-state index in [0.29, 0.717) is 38.9 Å². The Morgan fingerprint density at radius 1 is 0.979 bits per heavy atom. The number of amides is 4. The monoisotopic (exact) mass is 651 g/mol. The zero-order valence-corrected chi connectivity index (χ0v) is 28.5. The van der Waals surface area contributed by atoms with Gasteiger partial charge in [0.1, 0.15) is 17.8 Å². The van der Waals surface area contributed by atoms with E-state index >= 15 is 0 Å². The molecule has 0 bridgehead atoms. The molecule has 10 nitrogen and oxygen atoms in total. The molecule has 0 spiro atoms. The Bertz CT molecular complexity index is 1400. The van der Waals surface area contributed by atoms with Crippen LogP contribution in [0.2, 0.25) is 0 Å². The van der Waals surface area contributed by atoms with Crippen molar-refractivity contribution in [1.82, 2.24) is 25.3 Å². The maximum Gasteiger partial charge on any atom is 0.316 e. The van der Waals surface area contributed by atoms with E-state index in [2.05, 4.69) is 34.7 Å². The number of nitrogens with zero attached hydrogens (tertiary/aromatic N) is 3. The minimum atomic E-state index is -2.34. The molecule has 2 N–H and O–H groups in total. The minimum absolute atomic E-state index is 0.00351. The van der Waals surface area contributed by atoms with Gasteiger partial charge in [-0.05, 0) is 77.1 Å². The van der Waals surface area contributed by atoms with Gasteiger partial charge in [-0.1, -0.05) is 56.3 Å². The lowest BCUT2D eigenvalue weighted by atomic mass is 10.0. The molecule has 2 aliphatic rings. The van der Waals surface area contributed by atoms with Crippen molar-refractivity contribution in [1.29, 1.82) is 0 Å². The van der Waals surface area contributed by atoms with Crippen LogP contribution in [0.1, 0.15) is 69.8 Å². The van der Waals surface area contributed by atoms with E-state index < -0.39 is 35.8 Å². The Morgan fingerprint density at radius 3 is 2.34 bits per heavy atom. The predicted molar refractivity (Wildman–Crippen MR) is 178 cm³/mol. The van der Waals surface area contributed by atoms with Gasteiger partial charge in [0.25, 0.3) is 11.8 Å². The van der Waals surface area contributed by atoms with Crippen LogP contribution in [0.25, 0.3) is 0 Å². The standard InChI is InChI=1S/C36H50FN5O5/c1-24(2)21-28(38-32(43)27-15-10-11-17-30(27)47-31(37)33(44)39-36(3,4)5)34(45)42-18-12-16-29(42)35(46)41-20-19-40(6)26(23-41)22-25-13-8-7-9-14-25/h7-11,13-15,17,24,26,28-29,31H,12,16,18-23H2,1-6H3,(H,38,43)(H,39,44)/t26-,28-,29+,31?/m0/s1. The molecule has 0 radical (unpaired) electrons. The fourth-order valence-corrected chi connectivity index (χ4v) is 6.23. The van der Waals surface area contributed by atoms with Gasteiger partial charge < -0.3 is 25.2 Å². The molecule has 0 saturated carbocycles. The average Bonchev–Trinajstić information content (AvgIpc) is 3.51. The number of hydrogen-bond acceptors (Lipinski definition) is 6. The third kappa shape index (κ3) is 9.76. The van der Waals surface area contributed by atoms with Gasteiger partial charge in [0, 0.05) is 37.8 Å². The molecule has 4 amide bonds. The Labute approximate surface area is 278 Å². The number of rotatable bonds is 11. The maximum absolute atomic E-state index is 14.8. The van der Waals surface area contributed by atoms with E-state index in [4.69, 9.17) is 4.74 Å². The number of carbonyl (C=O) groups is 4. The fourth-order valence-electron chi connectivity index (χ4n) is 6.23. The van der Waals surface area contributed by atoms with Gasteiger partial charge >= 0.3 is 6.36 Å². The van der Waals surface area contributed by atoms with Crippen molar-refractivity contribution in [2.75, 3.05) is 33.2 Å². The van der Waals surface area contributed by atoms with Crippen LogP contribution < -0.4 is 15.4 Å². The molecular formula is C36H50FN5O5. The van der Waals surface area contributed by atoms with Gasteiger partial charge in [-0.2, -0.15) is 4.39 Å². The van der Waals surface area contributed by atoms with Gasteiger partial charge in [0.15, 0.2) is 0 Å². The van der Waals surface area contributed by atoms with Crippen LogP contribution in [0.4, 0.5) is 4.39 Å². The molecule has 47 heavy (non-hydrogen) atoms. The van der Waals surface area contributed by atoms with Crippen LogP contribution in [0.15, 0.2) is 54.6 Å². The summed E-state index contributed by atoms with van der Waals surface area (Å²) in [6.07, 6.45) is 0.0878. The third-order valence-electron chi connectivity index (χ3n) is 8.60. The first kappa shape index (κ1) is 35.9. The second-order valence-corrected chi connectivity index (χ2v) is 14.1. The molecule has 4 rings (SSSR count). The average molecular weight is 652 g/mol. The van der Waals surface area contributed by atoms with Crippen LogP contribution in [-0.4, -0.2) is 102 Å². The summed E-state index contributed by atoms with van der Waals surface area (Å²) in [6, 6.07) is 14.9. The lowest BCUT2D eigenvalue weighted by Gasteiger charge is -2.41. The maximum atomic E-state index is 14.8. The van der Waals surface area contributed by atoms with E-state index in [1.54, 1.807) is 37.8 Å². The number of likely N-dealkylation sites (N-methyl/N-ethyl adjacent to an activating group) is 1. The summed E-state index contributed by atoms with van der Waals surface area (Å²) in [7, 11) is 2.08. The molecule has 2 aromatic carbocycles. The molecule has 2 fully saturated rings. The topological polar surface area (TPSA) is 111 Å². The second-order valence-electron chi connectivity index (χ2n) is 14.1. The highest BCUT2D eigenvalue weighted by Gasteiger charge is 2.41. The molecule has 0 aromatic heterocycles. The first-order chi connectivity index (χ1) is 22.2. The summed E-state index contributed by atoms with van der Waals surface area (Å²) in [6.45, 7) is 11.4. The summed E-state index contributed by atoms with van der Waals surface area (Å²) in [5.74, 6) is -2.03. The zero-order chi connectivity index (χ0) is 34.3. The molecule has 2 saturated heterocycles. The van der Waals surface area contributed by atoms with Gasteiger partial charge in [-0.3, -0.25) is 24.1 Å². The summed E-state index contributed by atoms with van der Waals surface area (Å²) >= 11 is 0. The lowest BCUT2D eigenvalue weighted by molar-refractivity contribution is -0.146. The second kappa shape index (κ2) is 15.7. The van der Waals surface area contributed by atoms with E-state index in [0.717, 1.165) is 13.0 Å². The van der Waals surface area contributed by atoms with E-state index in [1.807, 2.05) is 36.9 Å². The van der Waals surface area contributed by atoms with Crippen molar-refractivity contribution in [2.24, 2.45) is 5.92 Å². The number of likely N-dealkylation sites (tertiary alicyclic amines) is 1. The highest BCUT2D eigenvalue weighted by molar-refractivity contribution is 6.00. The van der Waals surface area contributed by atoms with Crippen LogP contribution in [0, 0.1) is 5.92 Å². The number of benzene rings is 2. The third-order valence-corrected chi connectivity index (χ3v) is 8.60. The smallest absolute Gasteiger partial charge is 0.316 e. The molecule has 11 heteroatoms. The summed E-state index contributed by atoms with van der Waals surface area (Å²) in [5.41, 5.74) is 0.539. The fraction of sp³-hybridized carbons (Fsp3) is 0.556. The predicted octanol–water partition coefficient (Wildman–Crippen LogP) is 3.80. The van der Waals surface area contributed by atoms with Gasteiger partial charge in [0.2, 0.25) is 11.8 Å². The first-order valence-corrected chi connectivity index (χ1v) is 16.6. The Morgan fingerprint density at radius 2 is 1.66 bits per heavy atom. The van der Waals surface area contributed by atoms with Crippen LogP contribution in [0.5, 0.6) is 5.75 Å². The van der Waals surface area contributed by atoms with Gasteiger partial charge in [-0.15, -0.1) is 0 Å². The Balaban J connectivity index is 1.46. The Kier molecular flexibility index (Phi) is 12.0. The molecule has 4 atom stereocenters. The summed E-state index contributed by atoms with van der Waals surface area (Å²) in [5, 5.41) is 5.35. The van der Waals surface area contributed by atoms with Crippen molar-refractivity contribution in [3.63, 3.8) is 0 Å². The number of carbonyl (C=O) groups excluding carboxylic acids is 4. The van der Waals surface area contributed by atoms with Crippen molar-refractivity contribution in [3.8, 4) is 5.75 Å². The van der Waals surface area contributed by atoms with Crippen molar-refractivity contribution < 1.29 is 28.3 Å². The van der Waals surface area contributed by atoms with Crippen LogP contribution >= 0.6 is 0 Å². The van der Waals surface area contributed by atoms with Crippen molar-refractivity contribution >= 4 is 23.6 Å².